The Kier molecular flexibility index (Phi) is 2.23. The van der Waals surface area contributed by atoms with Gasteiger partial charge in [-0.15, -0.1) is 0 Å². The summed E-state index contributed by atoms with van der Waals surface area (Å²) in [4.78, 5) is 4.73. The van der Waals surface area contributed by atoms with E-state index in [9.17, 15) is 0 Å². The monoisotopic (exact) mass is 241 g/mol. The Morgan fingerprint density at radius 2 is 2.00 bits per heavy atom. The molecule has 0 bridgehead atoms. The number of imidazole rings is 1. The molecule has 0 N–H and O–H groups in total. The van der Waals surface area contributed by atoms with Crippen LogP contribution < -0.4 is 0 Å². The molecule has 2 aromatic heterocycles. The van der Waals surface area contributed by atoms with Gasteiger partial charge in [0.15, 0.2) is 5.65 Å². The van der Waals surface area contributed by atoms with Gasteiger partial charge in [-0.1, -0.05) is 0 Å². The molecule has 2 aliphatic rings. The normalized spacial score (nSPS) is 19.9. The van der Waals surface area contributed by atoms with E-state index in [2.05, 4.69) is 24.3 Å². The van der Waals surface area contributed by atoms with Crippen LogP contribution in [-0.2, 0) is 6.42 Å². The Morgan fingerprint density at radius 3 is 2.67 bits per heavy atom. The molecular weight excluding hydrogens is 222 g/mol. The highest BCUT2D eigenvalue weighted by Gasteiger charge is 2.41. The quantitative estimate of drug-likeness (QED) is 0.823. The van der Waals surface area contributed by atoms with Gasteiger partial charge in [-0.3, -0.25) is 0 Å². The molecule has 0 atom stereocenters. The van der Waals surface area contributed by atoms with Crippen LogP contribution in [0, 0.1) is 24.7 Å². The van der Waals surface area contributed by atoms with Crippen molar-refractivity contribution in [2.75, 3.05) is 0 Å². The second-order valence-corrected chi connectivity index (χ2v) is 6.11. The molecule has 18 heavy (non-hydrogen) atoms. The van der Waals surface area contributed by atoms with E-state index in [1.165, 1.54) is 36.9 Å². The molecule has 2 fully saturated rings. The highest BCUT2D eigenvalue weighted by atomic mass is 15.2. The van der Waals surface area contributed by atoms with E-state index in [1.807, 2.05) is 10.7 Å². The lowest BCUT2D eigenvalue weighted by atomic mass is 9.93. The fourth-order valence-corrected chi connectivity index (χ4v) is 3.13. The second kappa shape index (κ2) is 3.81. The number of rotatable bonds is 4. The molecule has 0 radical (unpaired) electrons. The molecule has 0 spiro atoms. The van der Waals surface area contributed by atoms with Gasteiger partial charge in [0, 0.05) is 0 Å². The summed E-state index contributed by atoms with van der Waals surface area (Å²) in [6.07, 6.45) is 11.0. The minimum absolute atomic E-state index is 0.899. The molecule has 0 unspecified atom stereocenters. The Labute approximate surface area is 107 Å². The van der Waals surface area contributed by atoms with Crippen LogP contribution in [0.3, 0.4) is 0 Å². The smallest absolute Gasteiger partial charge is 0.154 e. The number of hydrogen-bond acceptors (Lipinski definition) is 2. The van der Waals surface area contributed by atoms with Crippen molar-refractivity contribution in [3.8, 4) is 0 Å². The first kappa shape index (κ1) is 10.5. The molecule has 0 aliphatic heterocycles. The van der Waals surface area contributed by atoms with Gasteiger partial charge in [0.2, 0.25) is 0 Å². The van der Waals surface area contributed by atoms with Gasteiger partial charge in [0.25, 0.3) is 0 Å². The van der Waals surface area contributed by atoms with E-state index in [0.29, 0.717) is 0 Å². The van der Waals surface area contributed by atoms with E-state index in [1.54, 1.807) is 0 Å². The van der Waals surface area contributed by atoms with Crippen LogP contribution in [0.5, 0.6) is 0 Å². The second-order valence-electron chi connectivity index (χ2n) is 6.11. The Morgan fingerprint density at radius 1 is 1.28 bits per heavy atom. The summed E-state index contributed by atoms with van der Waals surface area (Å²) in [6, 6.07) is 2.11. The van der Waals surface area contributed by atoms with Crippen molar-refractivity contribution < 1.29 is 0 Å². The lowest BCUT2D eigenvalue weighted by molar-refractivity contribution is 0.400. The van der Waals surface area contributed by atoms with Crippen LogP contribution in [0.2, 0.25) is 0 Å². The van der Waals surface area contributed by atoms with Gasteiger partial charge >= 0.3 is 0 Å². The van der Waals surface area contributed by atoms with Crippen LogP contribution in [0.25, 0.3) is 5.65 Å². The van der Waals surface area contributed by atoms with Crippen molar-refractivity contribution in [2.45, 2.75) is 39.0 Å². The number of aromatic nitrogens is 3. The maximum Gasteiger partial charge on any atom is 0.154 e. The summed E-state index contributed by atoms with van der Waals surface area (Å²) in [5, 5.41) is 4.38. The molecule has 0 amide bonds. The first-order valence-electron chi connectivity index (χ1n) is 7.10. The molecule has 2 saturated carbocycles. The van der Waals surface area contributed by atoms with Crippen molar-refractivity contribution in [3.63, 3.8) is 0 Å². The molecule has 2 heterocycles. The van der Waals surface area contributed by atoms with E-state index in [-0.39, 0.29) is 0 Å². The van der Waals surface area contributed by atoms with Crippen LogP contribution in [0.4, 0.5) is 0 Å². The average Bonchev–Trinajstić information content (AvgIpc) is 3.23. The summed E-state index contributed by atoms with van der Waals surface area (Å²) >= 11 is 0. The van der Waals surface area contributed by atoms with E-state index in [4.69, 9.17) is 4.98 Å². The third-order valence-corrected chi connectivity index (χ3v) is 4.41. The Bertz CT molecular complexity index is 566. The molecule has 3 heteroatoms. The molecule has 0 aromatic carbocycles. The highest BCUT2D eigenvalue weighted by molar-refractivity contribution is 5.40. The third-order valence-electron chi connectivity index (χ3n) is 4.41. The lowest BCUT2D eigenvalue weighted by Crippen LogP contribution is -2.09. The minimum atomic E-state index is 0.899. The maximum absolute atomic E-state index is 4.73. The van der Waals surface area contributed by atoms with Gasteiger partial charge in [-0.25, -0.2) is 9.50 Å². The van der Waals surface area contributed by atoms with Gasteiger partial charge in [-0.05, 0) is 68.4 Å². The van der Waals surface area contributed by atoms with E-state index >= 15 is 0 Å². The Hall–Kier alpha value is -1.38. The molecular formula is C15H19N3. The fraction of sp³-hybridized carbons (Fsp3) is 0.600. The molecule has 4 rings (SSSR count). The van der Waals surface area contributed by atoms with Crippen molar-refractivity contribution in [1.29, 1.82) is 0 Å². The Balaban J connectivity index is 1.61. The van der Waals surface area contributed by atoms with Crippen LogP contribution in [-0.4, -0.2) is 14.6 Å². The van der Waals surface area contributed by atoms with Crippen LogP contribution in [0.1, 0.15) is 36.9 Å². The van der Waals surface area contributed by atoms with Crippen LogP contribution >= 0.6 is 0 Å². The van der Waals surface area contributed by atoms with Gasteiger partial charge in [0.1, 0.15) is 0 Å². The molecule has 3 nitrogen and oxygen atoms in total. The third kappa shape index (κ3) is 1.92. The van der Waals surface area contributed by atoms with Crippen molar-refractivity contribution in [3.05, 3.63) is 29.7 Å². The fourth-order valence-electron chi connectivity index (χ4n) is 3.13. The van der Waals surface area contributed by atoms with Crippen LogP contribution in [0.15, 0.2) is 18.5 Å². The van der Waals surface area contributed by atoms with Crippen molar-refractivity contribution >= 4 is 5.65 Å². The lowest BCUT2D eigenvalue weighted by Gasteiger charge is -2.12. The summed E-state index contributed by atoms with van der Waals surface area (Å²) < 4.78 is 1.92. The molecule has 2 aliphatic carbocycles. The largest absolute Gasteiger partial charge is 0.232 e. The maximum atomic E-state index is 4.73. The zero-order chi connectivity index (χ0) is 12.1. The van der Waals surface area contributed by atoms with Crippen molar-refractivity contribution in [2.24, 2.45) is 17.8 Å². The van der Waals surface area contributed by atoms with Gasteiger partial charge in [-0.2, -0.15) is 5.10 Å². The van der Waals surface area contributed by atoms with E-state index < -0.39 is 0 Å². The summed E-state index contributed by atoms with van der Waals surface area (Å²) in [7, 11) is 0. The standard InChI is InChI=1S/C15H19N3/c1-10-6-15-17-13(9-18(15)16-8-10)7-14(11-2-3-11)12-4-5-12/h6,8-9,11-12,14H,2-5,7H2,1H3. The molecule has 94 valence electrons. The SMILES string of the molecule is Cc1cnn2cc(CC(C3CC3)C3CC3)nc2c1. The zero-order valence-electron chi connectivity index (χ0n) is 10.8. The number of hydrogen-bond donors (Lipinski definition) is 0. The summed E-state index contributed by atoms with van der Waals surface area (Å²) in [5.74, 6) is 2.89. The number of aryl methyl sites for hydroxylation is 1. The first-order valence-corrected chi connectivity index (χ1v) is 7.10. The molecule has 0 saturated heterocycles. The summed E-state index contributed by atoms with van der Waals surface area (Å²) in [5.41, 5.74) is 3.41. The summed E-state index contributed by atoms with van der Waals surface area (Å²) in [6.45, 7) is 2.07. The minimum Gasteiger partial charge on any atom is -0.232 e. The van der Waals surface area contributed by atoms with Gasteiger partial charge < -0.3 is 0 Å². The topological polar surface area (TPSA) is 30.2 Å². The average molecular weight is 241 g/mol. The number of nitrogens with zero attached hydrogens (tertiary/aromatic N) is 3. The predicted octanol–water partition coefficient (Wildman–Crippen LogP) is 3.02. The van der Waals surface area contributed by atoms with Gasteiger partial charge in [0.05, 0.1) is 18.1 Å². The van der Waals surface area contributed by atoms with Crippen molar-refractivity contribution in [1.82, 2.24) is 14.6 Å². The zero-order valence-corrected chi connectivity index (χ0v) is 10.8. The van der Waals surface area contributed by atoms with E-state index in [0.717, 1.165) is 29.8 Å². The number of fused-ring (bicyclic) bond motifs is 1. The molecule has 2 aromatic rings. The predicted molar refractivity (Wildman–Crippen MR) is 70.4 cm³/mol. The first-order chi connectivity index (χ1) is 8.79. The highest BCUT2D eigenvalue weighted by Crippen LogP contribution is 2.50.